The van der Waals surface area contributed by atoms with E-state index in [0.29, 0.717) is 19.4 Å². The highest BCUT2D eigenvalue weighted by Gasteiger charge is 2.18. The van der Waals surface area contributed by atoms with Gasteiger partial charge in [0.1, 0.15) is 0 Å². The summed E-state index contributed by atoms with van der Waals surface area (Å²) in [5.74, 6) is -0.0542. The molecule has 6 nitrogen and oxygen atoms in total. The van der Waals surface area contributed by atoms with Crippen molar-refractivity contribution in [1.29, 1.82) is 0 Å². The topological polar surface area (TPSA) is 95.9 Å². The molecule has 73 heavy (non-hydrogen) atoms. The van der Waals surface area contributed by atoms with Crippen molar-refractivity contribution in [3.63, 3.8) is 0 Å². The number of carbonyl (C=O) groups is 2. The van der Waals surface area contributed by atoms with Crippen LogP contribution in [-0.2, 0) is 14.3 Å². The van der Waals surface area contributed by atoms with E-state index in [9.17, 15) is 19.8 Å². The Morgan fingerprint density at radius 1 is 0.370 bits per heavy atom. The van der Waals surface area contributed by atoms with Crippen LogP contribution in [0, 0.1) is 0 Å². The van der Waals surface area contributed by atoms with Crippen LogP contribution in [0.4, 0.5) is 0 Å². The Hall–Kier alpha value is -1.66. The van der Waals surface area contributed by atoms with Gasteiger partial charge in [0.2, 0.25) is 5.91 Å². The average Bonchev–Trinajstić information content (AvgIpc) is 3.39. The molecule has 0 aromatic heterocycles. The third-order valence-electron chi connectivity index (χ3n) is 15.5. The van der Waals surface area contributed by atoms with Gasteiger partial charge in [0.25, 0.3) is 0 Å². The van der Waals surface area contributed by atoms with Crippen molar-refractivity contribution in [1.82, 2.24) is 5.32 Å². The van der Waals surface area contributed by atoms with Crippen molar-refractivity contribution >= 4 is 11.9 Å². The molecule has 1 amide bonds. The zero-order valence-corrected chi connectivity index (χ0v) is 49.4. The standard InChI is InChI=1S/C67H129NO5/c1-3-5-7-9-11-13-15-17-19-33-37-41-45-49-53-57-61-67(72)73-62-58-54-50-46-42-38-34-31-29-27-25-23-21-20-22-24-26-28-30-32-36-40-44-48-52-56-60-66(71)68-64(63-69)65(70)59-55-51-47-43-39-35-18-16-14-12-10-8-6-4-2/h19,33,55,59,64-65,69-70H,3-18,20-32,34-54,56-58,60-63H2,1-2H3,(H,68,71)/b33-19-,59-55+. The number of unbranched alkanes of at least 4 members (excludes halogenated alkanes) is 49. The van der Waals surface area contributed by atoms with Crippen molar-refractivity contribution < 1.29 is 24.5 Å². The lowest BCUT2D eigenvalue weighted by Gasteiger charge is -2.20. The number of carbonyl (C=O) groups excluding carboxylic acids is 2. The van der Waals surface area contributed by atoms with Gasteiger partial charge in [0.05, 0.1) is 25.4 Å². The Bertz CT molecular complexity index is 1140. The highest BCUT2D eigenvalue weighted by atomic mass is 16.5. The van der Waals surface area contributed by atoms with Crippen LogP contribution in [0.3, 0.4) is 0 Å². The van der Waals surface area contributed by atoms with Gasteiger partial charge in [-0.05, 0) is 57.8 Å². The van der Waals surface area contributed by atoms with E-state index < -0.39 is 12.1 Å². The van der Waals surface area contributed by atoms with Crippen molar-refractivity contribution in [3.05, 3.63) is 24.3 Å². The molecule has 0 aliphatic rings. The molecule has 0 saturated carbocycles. The minimum Gasteiger partial charge on any atom is -0.466 e. The summed E-state index contributed by atoms with van der Waals surface area (Å²) >= 11 is 0. The molecule has 2 unspecified atom stereocenters. The molecule has 0 heterocycles. The summed E-state index contributed by atoms with van der Waals surface area (Å²) in [6.07, 6.45) is 78.1. The molecule has 0 spiro atoms. The minimum absolute atomic E-state index is 0.00992. The number of hydrogen-bond donors (Lipinski definition) is 3. The van der Waals surface area contributed by atoms with Crippen LogP contribution in [0.5, 0.6) is 0 Å². The first kappa shape index (κ1) is 71.3. The van der Waals surface area contributed by atoms with E-state index in [1.165, 1.54) is 295 Å². The summed E-state index contributed by atoms with van der Waals surface area (Å²) in [5, 5.41) is 23.1. The SMILES string of the molecule is CCCCCCCCC/C=C\CCCCCCCC(=O)OCCCCCCCCCCCCCCCCCCCCCCCCCCCCC(=O)NC(CO)C(O)/C=C/CCCCCCCCCCCCCC. The summed E-state index contributed by atoms with van der Waals surface area (Å²) in [5.41, 5.74) is 0. The summed E-state index contributed by atoms with van der Waals surface area (Å²) in [6, 6.07) is -0.625. The van der Waals surface area contributed by atoms with Crippen molar-refractivity contribution in [2.75, 3.05) is 13.2 Å². The fraction of sp³-hybridized carbons (Fsp3) is 0.910. The number of allylic oxidation sites excluding steroid dienone is 3. The molecule has 6 heteroatoms. The maximum atomic E-state index is 12.5. The van der Waals surface area contributed by atoms with Gasteiger partial charge in [-0.1, -0.05) is 321 Å². The molecule has 432 valence electrons. The number of ether oxygens (including phenoxy) is 1. The van der Waals surface area contributed by atoms with Gasteiger partial charge in [-0.25, -0.2) is 0 Å². The molecule has 0 aromatic carbocycles. The molecule has 0 radical (unpaired) electrons. The third-order valence-corrected chi connectivity index (χ3v) is 15.5. The number of rotatable bonds is 62. The molecule has 0 saturated heterocycles. The molecule has 2 atom stereocenters. The van der Waals surface area contributed by atoms with E-state index in [1.54, 1.807) is 6.08 Å². The highest BCUT2D eigenvalue weighted by Crippen LogP contribution is 2.18. The Morgan fingerprint density at radius 2 is 0.644 bits per heavy atom. The van der Waals surface area contributed by atoms with Gasteiger partial charge in [0, 0.05) is 12.8 Å². The maximum Gasteiger partial charge on any atom is 0.305 e. The molecule has 0 aliphatic heterocycles. The first-order valence-corrected chi connectivity index (χ1v) is 33.1. The Labute approximate surface area is 456 Å². The van der Waals surface area contributed by atoms with Gasteiger partial charge in [-0.3, -0.25) is 9.59 Å². The second-order valence-electron chi connectivity index (χ2n) is 22.8. The monoisotopic (exact) mass is 1030 g/mol. The first-order valence-electron chi connectivity index (χ1n) is 33.1. The molecular weight excluding hydrogens is 899 g/mol. The first-order chi connectivity index (χ1) is 36.0. The van der Waals surface area contributed by atoms with Crippen LogP contribution in [0.2, 0.25) is 0 Å². The van der Waals surface area contributed by atoms with E-state index in [0.717, 1.165) is 44.9 Å². The number of hydrogen-bond acceptors (Lipinski definition) is 5. The lowest BCUT2D eigenvalue weighted by Crippen LogP contribution is -2.45. The van der Waals surface area contributed by atoms with Crippen molar-refractivity contribution in [3.8, 4) is 0 Å². The Kier molecular flexibility index (Phi) is 61.4. The van der Waals surface area contributed by atoms with Gasteiger partial charge in [-0.2, -0.15) is 0 Å². The van der Waals surface area contributed by atoms with Crippen LogP contribution in [0.15, 0.2) is 24.3 Å². The van der Waals surface area contributed by atoms with Gasteiger partial charge in [0.15, 0.2) is 0 Å². The largest absolute Gasteiger partial charge is 0.466 e. The third kappa shape index (κ3) is 59.4. The predicted molar refractivity (Wildman–Crippen MR) is 320 cm³/mol. The molecule has 0 bridgehead atoms. The van der Waals surface area contributed by atoms with E-state index in [1.807, 2.05) is 6.08 Å². The number of nitrogens with one attached hydrogen (secondary N) is 1. The van der Waals surface area contributed by atoms with Crippen LogP contribution in [-0.4, -0.2) is 47.4 Å². The van der Waals surface area contributed by atoms with Gasteiger partial charge >= 0.3 is 5.97 Å². The number of aliphatic hydroxyl groups excluding tert-OH is 2. The van der Waals surface area contributed by atoms with E-state index in [2.05, 4.69) is 31.3 Å². The smallest absolute Gasteiger partial charge is 0.305 e. The van der Waals surface area contributed by atoms with Crippen LogP contribution in [0.25, 0.3) is 0 Å². The summed E-state index contributed by atoms with van der Waals surface area (Å²) < 4.78 is 5.49. The zero-order valence-electron chi connectivity index (χ0n) is 49.4. The molecule has 0 fully saturated rings. The van der Waals surface area contributed by atoms with Crippen LogP contribution >= 0.6 is 0 Å². The Morgan fingerprint density at radius 3 is 0.973 bits per heavy atom. The second-order valence-corrected chi connectivity index (χ2v) is 22.8. The molecule has 3 N–H and O–H groups in total. The van der Waals surface area contributed by atoms with E-state index in [-0.39, 0.29) is 18.5 Å². The summed E-state index contributed by atoms with van der Waals surface area (Å²) in [4.78, 5) is 24.5. The van der Waals surface area contributed by atoms with E-state index in [4.69, 9.17) is 4.74 Å². The highest BCUT2D eigenvalue weighted by molar-refractivity contribution is 5.76. The molecule has 0 rings (SSSR count). The van der Waals surface area contributed by atoms with Crippen LogP contribution < -0.4 is 5.32 Å². The lowest BCUT2D eigenvalue weighted by atomic mass is 10.0. The van der Waals surface area contributed by atoms with Crippen LogP contribution in [0.1, 0.15) is 367 Å². The number of esters is 1. The molecule has 0 aliphatic carbocycles. The fourth-order valence-corrected chi connectivity index (χ4v) is 10.4. The van der Waals surface area contributed by atoms with Crippen molar-refractivity contribution in [2.45, 2.75) is 379 Å². The van der Waals surface area contributed by atoms with Gasteiger partial charge in [-0.15, -0.1) is 0 Å². The van der Waals surface area contributed by atoms with Crippen molar-refractivity contribution in [2.24, 2.45) is 0 Å². The quantitative estimate of drug-likeness (QED) is 0.0320. The molecular formula is C67H129NO5. The number of amides is 1. The number of aliphatic hydroxyl groups is 2. The summed E-state index contributed by atoms with van der Waals surface area (Å²) in [6.45, 7) is 4.92. The maximum absolute atomic E-state index is 12.5. The lowest BCUT2D eigenvalue weighted by molar-refractivity contribution is -0.143. The van der Waals surface area contributed by atoms with E-state index >= 15 is 0 Å². The normalized spacial score (nSPS) is 12.7. The zero-order chi connectivity index (χ0) is 52.9. The predicted octanol–water partition coefficient (Wildman–Crippen LogP) is 21.0. The fourth-order valence-electron chi connectivity index (χ4n) is 10.4. The van der Waals surface area contributed by atoms with Gasteiger partial charge < -0.3 is 20.3 Å². The summed E-state index contributed by atoms with van der Waals surface area (Å²) in [7, 11) is 0. The Balaban J connectivity index is 3.36. The average molecular weight is 1030 g/mol. The second kappa shape index (κ2) is 62.9. The molecule has 0 aromatic rings. The minimum atomic E-state index is -0.842.